The first-order valence-electron chi connectivity index (χ1n) is 9.35. The summed E-state index contributed by atoms with van der Waals surface area (Å²) >= 11 is 1.56. The lowest BCUT2D eigenvalue weighted by Crippen LogP contribution is -2.41. The number of carbonyl (C=O) groups is 1. The molecule has 2 aromatic carbocycles. The smallest absolute Gasteiger partial charge is 0.314 e. The van der Waals surface area contributed by atoms with E-state index in [0.29, 0.717) is 6.54 Å². The van der Waals surface area contributed by atoms with Crippen LogP contribution in [0.1, 0.15) is 24.7 Å². The number of likely N-dealkylation sites (tertiary alicyclic amines) is 1. The Balaban J connectivity index is 1.71. The predicted octanol–water partition coefficient (Wildman–Crippen LogP) is 4.63. The third kappa shape index (κ3) is 3.38. The summed E-state index contributed by atoms with van der Waals surface area (Å²) in [6, 6.07) is 19.5. The second-order valence-electron chi connectivity index (χ2n) is 6.74. The van der Waals surface area contributed by atoms with Crippen molar-refractivity contribution in [2.45, 2.75) is 24.0 Å². The van der Waals surface area contributed by atoms with Crippen LogP contribution < -0.4 is 4.90 Å². The molecular formula is C21H23N5OS. The molecule has 28 heavy (non-hydrogen) atoms. The Morgan fingerprint density at radius 2 is 1.64 bits per heavy atom. The number of amides is 2. The highest BCUT2D eigenvalue weighted by atomic mass is 32.2. The number of hydrogen-bond donors (Lipinski definition) is 0. The number of anilines is 2. The fraction of sp³-hybridized carbons (Fsp3) is 0.286. The van der Waals surface area contributed by atoms with Gasteiger partial charge in [0.2, 0.25) is 0 Å². The van der Waals surface area contributed by atoms with Crippen LogP contribution in [0, 0.1) is 0 Å². The lowest BCUT2D eigenvalue weighted by atomic mass is 10.2. The molecule has 3 aromatic rings. The monoisotopic (exact) mass is 393 g/mol. The summed E-state index contributed by atoms with van der Waals surface area (Å²) in [6.45, 7) is 0.709. The van der Waals surface area contributed by atoms with Crippen LogP contribution in [0.3, 0.4) is 0 Å². The fourth-order valence-corrected chi connectivity index (χ4v) is 4.20. The van der Waals surface area contributed by atoms with E-state index in [1.54, 1.807) is 16.7 Å². The van der Waals surface area contributed by atoms with Crippen molar-refractivity contribution in [3.63, 3.8) is 0 Å². The molecule has 4 rings (SSSR count). The van der Waals surface area contributed by atoms with Crippen LogP contribution in [0.2, 0.25) is 0 Å². The van der Waals surface area contributed by atoms with Gasteiger partial charge in [-0.05, 0) is 43.4 Å². The molecule has 1 atom stereocenters. The lowest BCUT2D eigenvalue weighted by molar-refractivity contribution is 0.199. The maximum atomic E-state index is 13.7. The zero-order valence-electron chi connectivity index (χ0n) is 16.0. The van der Waals surface area contributed by atoms with Gasteiger partial charge in [0.05, 0.1) is 17.4 Å². The van der Waals surface area contributed by atoms with Crippen LogP contribution in [-0.2, 0) is 7.05 Å². The Morgan fingerprint density at radius 1 is 1.04 bits per heavy atom. The first-order valence-corrected chi connectivity index (χ1v) is 10.6. The first-order chi connectivity index (χ1) is 13.7. The number of urea groups is 1. The van der Waals surface area contributed by atoms with Gasteiger partial charge in [-0.3, -0.25) is 4.90 Å². The second-order valence-corrected chi connectivity index (χ2v) is 7.52. The van der Waals surface area contributed by atoms with Crippen LogP contribution in [0.5, 0.6) is 0 Å². The van der Waals surface area contributed by atoms with Gasteiger partial charge in [0.25, 0.3) is 0 Å². The van der Waals surface area contributed by atoms with Crippen LogP contribution in [-0.4, -0.2) is 38.5 Å². The summed E-state index contributed by atoms with van der Waals surface area (Å²) in [5, 5.41) is 9.50. The standard InChI is InChI=1S/C21H23N5OS/c1-24-19(22-23-20(24)28-2)18-14-9-15-25(18)21(27)26(16-10-5-3-6-11-16)17-12-7-4-8-13-17/h3-8,10-13,18H,9,14-15H2,1-2H3/t18-/m0/s1. The fourth-order valence-electron chi connectivity index (χ4n) is 3.71. The maximum absolute atomic E-state index is 13.7. The van der Waals surface area contributed by atoms with Gasteiger partial charge < -0.3 is 9.47 Å². The summed E-state index contributed by atoms with van der Waals surface area (Å²) < 4.78 is 2.00. The summed E-state index contributed by atoms with van der Waals surface area (Å²) in [5.41, 5.74) is 1.71. The minimum absolute atomic E-state index is 0.0337. The molecule has 0 N–H and O–H groups in total. The van der Waals surface area contributed by atoms with Crippen molar-refractivity contribution in [2.75, 3.05) is 17.7 Å². The quantitative estimate of drug-likeness (QED) is 0.606. The number of aromatic nitrogens is 3. The molecule has 0 bridgehead atoms. The molecule has 0 radical (unpaired) electrons. The van der Waals surface area contributed by atoms with E-state index < -0.39 is 0 Å². The van der Waals surface area contributed by atoms with E-state index in [1.165, 1.54) is 0 Å². The Labute approximate surface area is 169 Å². The Kier molecular flexibility index (Phi) is 5.34. The summed E-state index contributed by atoms with van der Waals surface area (Å²) in [5.74, 6) is 0.844. The first kappa shape index (κ1) is 18.6. The third-order valence-corrected chi connectivity index (χ3v) is 5.79. The number of rotatable bonds is 4. The van der Waals surface area contributed by atoms with Gasteiger partial charge in [-0.15, -0.1) is 10.2 Å². The Hall–Kier alpha value is -2.80. The van der Waals surface area contributed by atoms with E-state index in [4.69, 9.17) is 0 Å². The van der Waals surface area contributed by atoms with Crippen LogP contribution in [0.25, 0.3) is 0 Å². The number of para-hydroxylation sites is 2. The summed E-state index contributed by atoms with van der Waals surface area (Å²) in [4.78, 5) is 17.4. The average molecular weight is 394 g/mol. The maximum Gasteiger partial charge on any atom is 0.329 e. The number of nitrogens with zero attached hydrogens (tertiary/aromatic N) is 5. The molecule has 1 aliphatic rings. The Morgan fingerprint density at radius 3 is 2.18 bits per heavy atom. The number of thioether (sulfide) groups is 1. The summed E-state index contributed by atoms with van der Waals surface area (Å²) in [6.07, 6.45) is 3.83. The van der Waals surface area contributed by atoms with E-state index >= 15 is 0 Å². The van der Waals surface area contributed by atoms with E-state index in [-0.39, 0.29) is 12.1 Å². The number of carbonyl (C=O) groups excluding carboxylic acids is 1. The minimum Gasteiger partial charge on any atom is -0.314 e. The van der Waals surface area contributed by atoms with Crippen LogP contribution in [0.15, 0.2) is 65.8 Å². The second kappa shape index (κ2) is 8.06. The Bertz CT molecular complexity index is 904. The largest absolute Gasteiger partial charge is 0.329 e. The zero-order chi connectivity index (χ0) is 19.5. The van der Waals surface area contributed by atoms with E-state index in [9.17, 15) is 4.79 Å². The SMILES string of the molecule is CSc1nnc([C@@H]2CCCN2C(=O)N(c2ccccc2)c2ccccc2)n1C. The molecule has 0 saturated carbocycles. The van der Waals surface area contributed by atoms with Gasteiger partial charge in [-0.2, -0.15) is 0 Å². The molecule has 7 heteroatoms. The predicted molar refractivity (Wildman–Crippen MR) is 112 cm³/mol. The lowest BCUT2D eigenvalue weighted by Gasteiger charge is -2.31. The van der Waals surface area contributed by atoms with Gasteiger partial charge in [0.15, 0.2) is 11.0 Å². The van der Waals surface area contributed by atoms with E-state index in [2.05, 4.69) is 10.2 Å². The molecule has 6 nitrogen and oxygen atoms in total. The molecule has 1 saturated heterocycles. The van der Waals surface area contributed by atoms with Gasteiger partial charge in [-0.25, -0.2) is 4.79 Å². The topological polar surface area (TPSA) is 54.3 Å². The van der Waals surface area contributed by atoms with Crippen molar-refractivity contribution in [1.82, 2.24) is 19.7 Å². The van der Waals surface area contributed by atoms with Crippen molar-refractivity contribution in [1.29, 1.82) is 0 Å². The molecule has 1 fully saturated rings. The molecule has 2 amide bonds. The highest BCUT2D eigenvalue weighted by molar-refractivity contribution is 7.98. The third-order valence-electron chi connectivity index (χ3n) is 5.07. The van der Waals surface area contributed by atoms with Crippen molar-refractivity contribution < 1.29 is 4.79 Å². The highest BCUT2D eigenvalue weighted by Crippen LogP contribution is 2.35. The molecule has 2 heterocycles. The van der Waals surface area contributed by atoms with E-state index in [0.717, 1.165) is 35.2 Å². The summed E-state index contributed by atoms with van der Waals surface area (Å²) in [7, 11) is 1.97. The molecule has 0 unspecified atom stereocenters. The molecular weight excluding hydrogens is 370 g/mol. The van der Waals surface area contributed by atoms with Gasteiger partial charge in [-0.1, -0.05) is 48.2 Å². The van der Waals surface area contributed by atoms with Crippen LogP contribution in [0.4, 0.5) is 16.2 Å². The van der Waals surface area contributed by atoms with Crippen molar-refractivity contribution in [3.05, 3.63) is 66.5 Å². The van der Waals surface area contributed by atoms with Crippen molar-refractivity contribution in [3.8, 4) is 0 Å². The molecule has 0 aliphatic carbocycles. The molecule has 1 aromatic heterocycles. The van der Waals surface area contributed by atoms with Gasteiger partial charge >= 0.3 is 6.03 Å². The average Bonchev–Trinajstić information content (AvgIpc) is 3.36. The number of benzene rings is 2. The molecule has 144 valence electrons. The van der Waals surface area contributed by atoms with Crippen LogP contribution >= 0.6 is 11.8 Å². The number of hydrogen-bond acceptors (Lipinski definition) is 4. The molecule has 1 aliphatic heterocycles. The van der Waals surface area contributed by atoms with Gasteiger partial charge in [0.1, 0.15) is 0 Å². The van der Waals surface area contributed by atoms with Crippen molar-refractivity contribution >= 4 is 29.2 Å². The molecule has 0 spiro atoms. The zero-order valence-corrected chi connectivity index (χ0v) is 16.8. The van der Waals surface area contributed by atoms with E-state index in [1.807, 2.05) is 83.4 Å². The van der Waals surface area contributed by atoms with Gasteiger partial charge in [0, 0.05) is 13.6 Å². The highest BCUT2D eigenvalue weighted by Gasteiger charge is 2.36. The van der Waals surface area contributed by atoms with Crippen molar-refractivity contribution in [2.24, 2.45) is 7.05 Å². The normalized spacial score (nSPS) is 16.4. The minimum atomic E-state index is -0.0687.